The lowest BCUT2D eigenvalue weighted by Crippen LogP contribution is -2.25. The molecule has 1 aromatic carbocycles. The summed E-state index contributed by atoms with van der Waals surface area (Å²) < 4.78 is 4.19. The van der Waals surface area contributed by atoms with Gasteiger partial charge < -0.3 is 14.3 Å². The van der Waals surface area contributed by atoms with E-state index in [9.17, 15) is 4.79 Å². The molecule has 0 saturated heterocycles. The molecule has 4 rings (SSSR count). The second-order valence-electron chi connectivity index (χ2n) is 7.57. The standard InChI is InChI=1S/C24H26N4O/c1-17(2)28-16-21(26-18(28)3)23-15-20(22-11-7-8-14-27(22)23)24(29)25-13-12-19-9-5-4-6-10-19/h4-11,14-17H,12-13H2,1-3H3,(H,25,29). The molecule has 0 bridgehead atoms. The second-order valence-corrected chi connectivity index (χ2v) is 7.57. The van der Waals surface area contributed by atoms with Gasteiger partial charge in [0.15, 0.2) is 0 Å². The molecule has 148 valence electrons. The topological polar surface area (TPSA) is 51.3 Å². The summed E-state index contributed by atoms with van der Waals surface area (Å²) in [4.78, 5) is 17.7. The van der Waals surface area contributed by atoms with Crippen molar-refractivity contribution in [2.24, 2.45) is 0 Å². The molecule has 0 fully saturated rings. The van der Waals surface area contributed by atoms with E-state index in [4.69, 9.17) is 4.98 Å². The summed E-state index contributed by atoms with van der Waals surface area (Å²) in [5.74, 6) is 0.908. The molecule has 0 aliphatic carbocycles. The predicted molar refractivity (Wildman–Crippen MR) is 116 cm³/mol. The number of benzene rings is 1. The summed E-state index contributed by atoms with van der Waals surface area (Å²) in [6, 6.07) is 18.4. The van der Waals surface area contributed by atoms with Gasteiger partial charge in [-0.1, -0.05) is 36.4 Å². The summed E-state index contributed by atoms with van der Waals surface area (Å²) in [6.07, 6.45) is 4.85. The van der Waals surface area contributed by atoms with Crippen molar-refractivity contribution < 1.29 is 4.79 Å². The van der Waals surface area contributed by atoms with E-state index in [1.54, 1.807) is 0 Å². The molecule has 0 aliphatic rings. The number of pyridine rings is 1. The monoisotopic (exact) mass is 386 g/mol. The van der Waals surface area contributed by atoms with E-state index < -0.39 is 0 Å². The lowest BCUT2D eigenvalue weighted by molar-refractivity contribution is 0.0956. The van der Waals surface area contributed by atoms with Crippen LogP contribution < -0.4 is 5.32 Å². The maximum absolute atomic E-state index is 12.9. The van der Waals surface area contributed by atoms with Gasteiger partial charge in [-0.2, -0.15) is 0 Å². The van der Waals surface area contributed by atoms with Gasteiger partial charge in [0.2, 0.25) is 0 Å². The van der Waals surface area contributed by atoms with Crippen LogP contribution in [-0.4, -0.2) is 26.4 Å². The number of carbonyl (C=O) groups excluding carboxylic acids is 1. The fraction of sp³-hybridized carbons (Fsp3) is 0.250. The first kappa shape index (κ1) is 19.0. The Morgan fingerprint density at radius 3 is 2.59 bits per heavy atom. The molecule has 1 amide bonds. The molecule has 0 aliphatic heterocycles. The van der Waals surface area contributed by atoms with Crippen LogP contribution in [0, 0.1) is 6.92 Å². The number of hydrogen-bond donors (Lipinski definition) is 1. The Morgan fingerprint density at radius 2 is 1.86 bits per heavy atom. The average Bonchev–Trinajstić information content (AvgIpc) is 3.29. The molecule has 3 heterocycles. The van der Waals surface area contributed by atoms with E-state index >= 15 is 0 Å². The average molecular weight is 386 g/mol. The molecule has 5 nitrogen and oxygen atoms in total. The first-order valence-corrected chi connectivity index (χ1v) is 10.0. The van der Waals surface area contributed by atoms with Gasteiger partial charge in [0, 0.05) is 25.0 Å². The van der Waals surface area contributed by atoms with Crippen LogP contribution in [0.2, 0.25) is 0 Å². The zero-order chi connectivity index (χ0) is 20.4. The van der Waals surface area contributed by atoms with Crippen LogP contribution in [0.4, 0.5) is 0 Å². The zero-order valence-electron chi connectivity index (χ0n) is 17.1. The molecule has 1 N–H and O–H groups in total. The van der Waals surface area contributed by atoms with Crippen LogP contribution in [0.15, 0.2) is 67.0 Å². The van der Waals surface area contributed by atoms with Crippen LogP contribution in [-0.2, 0) is 6.42 Å². The largest absolute Gasteiger partial charge is 0.352 e. The van der Waals surface area contributed by atoms with Gasteiger partial charge >= 0.3 is 0 Å². The highest BCUT2D eigenvalue weighted by Crippen LogP contribution is 2.27. The smallest absolute Gasteiger partial charge is 0.253 e. The van der Waals surface area contributed by atoms with Gasteiger partial charge in [-0.05, 0) is 51.0 Å². The highest BCUT2D eigenvalue weighted by Gasteiger charge is 2.18. The van der Waals surface area contributed by atoms with Crippen molar-refractivity contribution >= 4 is 11.4 Å². The summed E-state index contributed by atoms with van der Waals surface area (Å²) in [5.41, 5.74) is 4.57. The van der Waals surface area contributed by atoms with Crippen molar-refractivity contribution in [3.8, 4) is 11.4 Å². The highest BCUT2D eigenvalue weighted by atomic mass is 16.1. The number of nitrogens with zero attached hydrogens (tertiary/aromatic N) is 3. The number of aromatic nitrogens is 3. The first-order chi connectivity index (χ1) is 14.0. The Labute approximate surface area is 171 Å². The van der Waals surface area contributed by atoms with Gasteiger partial charge in [0.1, 0.15) is 11.5 Å². The Bertz CT molecular complexity index is 1140. The number of amides is 1. The number of hydrogen-bond acceptors (Lipinski definition) is 2. The normalized spacial score (nSPS) is 11.3. The Hall–Kier alpha value is -3.34. The van der Waals surface area contributed by atoms with Gasteiger partial charge in [-0.15, -0.1) is 0 Å². The van der Waals surface area contributed by atoms with E-state index in [1.807, 2.05) is 60.0 Å². The van der Waals surface area contributed by atoms with E-state index in [2.05, 4.69) is 42.1 Å². The molecular weight excluding hydrogens is 360 g/mol. The van der Waals surface area contributed by atoms with Crippen LogP contribution >= 0.6 is 0 Å². The number of rotatable bonds is 6. The maximum atomic E-state index is 12.9. The van der Waals surface area contributed by atoms with Crippen LogP contribution in [0.25, 0.3) is 16.9 Å². The van der Waals surface area contributed by atoms with Crippen molar-refractivity contribution in [3.63, 3.8) is 0 Å². The summed E-state index contributed by atoms with van der Waals surface area (Å²) in [6.45, 7) is 6.89. The molecule has 4 aromatic rings. The lowest BCUT2D eigenvalue weighted by Gasteiger charge is -2.07. The number of nitrogens with one attached hydrogen (secondary N) is 1. The zero-order valence-corrected chi connectivity index (χ0v) is 17.1. The van der Waals surface area contributed by atoms with Crippen LogP contribution in [0.3, 0.4) is 0 Å². The van der Waals surface area contributed by atoms with Crippen molar-refractivity contribution in [1.29, 1.82) is 0 Å². The minimum absolute atomic E-state index is 0.0594. The number of aryl methyl sites for hydroxylation is 1. The second kappa shape index (κ2) is 7.95. The third-order valence-corrected chi connectivity index (χ3v) is 5.20. The Kier molecular flexibility index (Phi) is 5.21. The molecule has 3 aromatic heterocycles. The lowest BCUT2D eigenvalue weighted by atomic mass is 10.1. The Morgan fingerprint density at radius 1 is 1.10 bits per heavy atom. The van der Waals surface area contributed by atoms with Crippen molar-refractivity contribution in [3.05, 3.63) is 83.9 Å². The van der Waals surface area contributed by atoms with Gasteiger partial charge in [0.25, 0.3) is 5.91 Å². The molecular formula is C24H26N4O. The molecule has 0 spiro atoms. The van der Waals surface area contributed by atoms with Gasteiger partial charge in [-0.25, -0.2) is 4.98 Å². The van der Waals surface area contributed by atoms with E-state index in [1.165, 1.54) is 5.56 Å². The fourth-order valence-electron chi connectivity index (χ4n) is 3.72. The first-order valence-electron chi connectivity index (χ1n) is 10.0. The summed E-state index contributed by atoms with van der Waals surface area (Å²) in [7, 11) is 0. The maximum Gasteiger partial charge on any atom is 0.253 e. The molecule has 29 heavy (non-hydrogen) atoms. The van der Waals surface area contributed by atoms with Crippen LogP contribution in [0.1, 0.15) is 41.6 Å². The van der Waals surface area contributed by atoms with Crippen molar-refractivity contribution in [1.82, 2.24) is 19.3 Å². The predicted octanol–water partition coefficient (Wildman–Crippen LogP) is 4.66. The summed E-state index contributed by atoms with van der Waals surface area (Å²) >= 11 is 0. The molecule has 0 saturated carbocycles. The third kappa shape index (κ3) is 3.81. The molecule has 0 unspecified atom stereocenters. The number of imidazole rings is 1. The highest BCUT2D eigenvalue weighted by molar-refractivity contribution is 6.02. The van der Waals surface area contributed by atoms with Crippen molar-refractivity contribution in [2.75, 3.05) is 6.54 Å². The van der Waals surface area contributed by atoms with E-state index in [0.29, 0.717) is 18.2 Å². The van der Waals surface area contributed by atoms with E-state index in [0.717, 1.165) is 29.1 Å². The minimum Gasteiger partial charge on any atom is -0.352 e. The molecule has 0 atom stereocenters. The fourth-order valence-corrected chi connectivity index (χ4v) is 3.72. The van der Waals surface area contributed by atoms with Crippen molar-refractivity contribution in [2.45, 2.75) is 33.2 Å². The van der Waals surface area contributed by atoms with Gasteiger partial charge in [-0.3, -0.25) is 4.79 Å². The van der Waals surface area contributed by atoms with E-state index in [-0.39, 0.29) is 5.91 Å². The molecule has 5 heteroatoms. The SMILES string of the molecule is Cc1nc(-c2cc(C(=O)NCCc3ccccc3)c3ccccn23)cn1C(C)C. The minimum atomic E-state index is -0.0594. The molecule has 0 radical (unpaired) electrons. The number of fused-ring (bicyclic) bond motifs is 1. The number of carbonyl (C=O) groups is 1. The van der Waals surface area contributed by atoms with Gasteiger partial charge in [0.05, 0.1) is 16.8 Å². The summed E-state index contributed by atoms with van der Waals surface area (Å²) in [5, 5.41) is 3.06. The third-order valence-electron chi connectivity index (χ3n) is 5.20. The Balaban J connectivity index is 1.62. The van der Waals surface area contributed by atoms with Crippen LogP contribution in [0.5, 0.6) is 0 Å². The quantitative estimate of drug-likeness (QED) is 0.524.